The summed E-state index contributed by atoms with van der Waals surface area (Å²) in [7, 11) is 4.21. The molecule has 39 heavy (non-hydrogen) atoms. The predicted molar refractivity (Wildman–Crippen MR) is 193 cm³/mol. The minimum Gasteiger partial charge on any atom is -0.176 e. The second kappa shape index (κ2) is 26.5. The summed E-state index contributed by atoms with van der Waals surface area (Å²) >= 11 is 6.90. The highest BCUT2D eigenvalue weighted by Gasteiger charge is 2.20. The van der Waals surface area contributed by atoms with Gasteiger partial charge in [0.05, 0.1) is 0 Å². The number of allylic oxidation sites excluding steroid dienone is 3. The van der Waals surface area contributed by atoms with E-state index in [1.54, 1.807) is 4.91 Å². The third-order valence-corrected chi connectivity index (χ3v) is 13.4. The second-order valence-electron chi connectivity index (χ2n) is 12.2. The average Bonchev–Trinajstić information content (AvgIpc) is 3.45. The van der Waals surface area contributed by atoms with E-state index < -0.39 is 0 Å². The van der Waals surface area contributed by atoms with Crippen molar-refractivity contribution in [2.45, 2.75) is 173 Å². The summed E-state index contributed by atoms with van der Waals surface area (Å²) in [5.74, 6) is 4.24. The van der Waals surface area contributed by atoms with Crippen molar-refractivity contribution in [2.24, 2.45) is 11.8 Å². The highest BCUT2D eigenvalue weighted by Crippen LogP contribution is 2.40. The molecule has 1 fully saturated rings. The average molecular weight is 615 g/mol. The minimum atomic E-state index is 0.585. The van der Waals surface area contributed by atoms with Crippen molar-refractivity contribution in [2.75, 3.05) is 11.5 Å². The van der Waals surface area contributed by atoms with E-state index in [1.165, 1.54) is 152 Å². The van der Waals surface area contributed by atoms with Gasteiger partial charge in [0, 0.05) is 22.0 Å². The zero-order chi connectivity index (χ0) is 28.6. The molecular formula is C35H66S4. The molecule has 230 valence electrons. The van der Waals surface area contributed by atoms with Crippen LogP contribution in [0.3, 0.4) is 0 Å². The number of thioether (sulfide) groups is 1. The van der Waals surface area contributed by atoms with Crippen LogP contribution in [0.15, 0.2) is 23.1 Å². The van der Waals surface area contributed by atoms with Gasteiger partial charge in [-0.15, -0.1) is 11.8 Å². The standard InChI is InChI=1S/C35H66S4/c1-6-9-10-11-12-13-14-15-22-32(29-37-34(20-7-2)24-19-17-23-33(36)8-3)31(5)28-30(4)21-16-18-25-35-26-27-38-39-35/h20,31-33,35-36H,4,6-19,21-29H2,1-3,5H3/b34-20-. The summed E-state index contributed by atoms with van der Waals surface area (Å²) in [6.45, 7) is 14.0. The zero-order valence-electron chi connectivity index (χ0n) is 26.5. The number of thiol groups is 1. The van der Waals surface area contributed by atoms with Crippen LogP contribution >= 0.6 is 46.0 Å². The molecule has 0 N–H and O–H groups in total. The Hall–Kier alpha value is 0.880. The van der Waals surface area contributed by atoms with Crippen LogP contribution in [0.4, 0.5) is 0 Å². The lowest BCUT2D eigenvalue weighted by molar-refractivity contribution is 0.351. The fourth-order valence-corrected chi connectivity index (χ4v) is 10.4. The molecule has 4 unspecified atom stereocenters. The molecule has 1 rings (SSSR count). The Morgan fingerprint density at radius 3 is 2.28 bits per heavy atom. The van der Waals surface area contributed by atoms with Crippen molar-refractivity contribution in [3.8, 4) is 0 Å². The normalized spacial score (nSPS) is 18.4. The molecule has 0 radical (unpaired) electrons. The molecule has 0 nitrogen and oxygen atoms in total. The molecule has 0 aliphatic carbocycles. The summed E-state index contributed by atoms with van der Waals surface area (Å²) in [4.78, 5) is 1.65. The molecule has 0 bridgehead atoms. The summed E-state index contributed by atoms with van der Waals surface area (Å²) in [5, 5.41) is 1.51. The quantitative estimate of drug-likeness (QED) is 0.0423. The van der Waals surface area contributed by atoms with Gasteiger partial charge >= 0.3 is 0 Å². The van der Waals surface area contributed by atoms with Gasteiger partial charge in [-0.05, 0) is 87.4 Å². The van der Waals surface area contributed by atoms with E-state index in [2.05, 4.69) is 73.7 Å². The first kappa shape index (κ1) is 37.9. The van der Waals surface area contributed by atoms with Gasteiger partial charge in [-0.2, -0.15) is 12.6 Å². The van der Waals surface area contributed by atoms with E-state index in [4.69, 9.17) is 12.6 Å². The van der Waals surface area contributed by atoms with Crippen molar-refractivity contribution >= 4 is 46.0 Å². The number of hydrogen-bond donors (Lipinski definition) is 1. The van der Waals surface area contributed by atoms with Gasteiger partial charge in [-0.3, -0.25) is 0 Å². The Morgan fingerprint density at radius 1 is 0.923 bits per heavy atom. The van der Waals surface area contributed by atoms with Gasteiger partial charge in [-0.1, -0.05) is 132 Å². The summed E-state index contributed by atoms with van der Waals surface area (Å²) in [6, 6.07) is 0. The molecule has 1 saturated heterocycles. The van der Waals surface area contributed by atoms with Crippen molar-refractivity contribution in [3.05, 3.63) is 23.1 Å². The highest BCUT2D eigenvalue weighted by atomic mass is 33.1. The van der Waals surface area contributed by atoms with Gasteiger partial charge < -0.3 is 0 Å². The van der Waals surface area contributed by atoms with Gasteiger partial charge in [0.2, 0.25) is 0 Å². The summed E-state index contributed by atoms with van der Waals surface area (Å²) in [6.07, 6.45) is 30.9. The molecule has 1 aliphatic rings. The van der Waals surface area contributed by atoms with E-state index in [0.717, 1.165) is 17.1 Å². The number of rotatable bonds is 27. The lowest BCUT2D eigenvalue weighted by atomic mass is 9.85. The van der Waals surface area contributed by atoms with Crippen LogP contribution in [-0.2, 0) is 0 Å². The fourth-order valence-electron chi connectivity index (χ4n) is 5.67. The van der Waals surface area contributed by atoms with Crippen molar-refractivity contribution < 1.29 is 0 Å². The molecule has 4 heteroatoms. The molecule has 0 spiro atoms. The first-order valence-electron chi connectivity index (χ1n) is 16.9. The molecule has 0 aromatic heterocycles. The van der Waals surface area contributed by atoms with E-state index >= 15 is 0 Å². The molecule has 0 aromatic rings. The smallest absolute Gasteiger partial charge is 0.0159 e. The lowest BCUT2D eigenvalue weighted by Gasteiger charge is -2.25. The number of hydrogen-bond acceptors (Lipinski definition) is 4. The Morgan fingerprint density at radius 2 is 1.62 bits per heavy atom. The van der Waals surface area contributed by atoms with Crippen LogP contribution in [0.1, 0.15) is 163 Å². The fraction of sp³-hybridized carbons (Fsp3) is 0.886. The lowest BCUT2D eigenvalue weighted by Crippen LogP contribution is -2.16. The van der Waals surface area contributed by atoms with Crippen LogP contribution in [0.2, 0.25) is 0 Å². The van der Waals surface area contributed by atoms with Crippen LogP contribution in [-0.4, -0.2) is 22.0 Å². The maximum Gasteiger partial charge on any atom is 0.0159 e. The highest BCUT2D eigenvalue weighted by molar-refractivity contribution is 8.77. The van der Waals surface area contributed by atoms with Gasteiger partial charge in [0.25, 0.3) is 0 Å². The Labute approximate surface area is 264 Å². The summed E-state index contributed by atoms with van der Waals surface area (Å²) in [5.41, 5.74) is 1.52. The topological polar surface area (TPSA) is 0 Å². The maximum atomic E-state index is 4.70. The van der Waals surface area contributed by atoms with Crippen molar-refractivity contribution in [3.63, 3.8) is 0 Å². The maximum absolute atomic E-state index is 4.70. The number of unbranched alkanes of at least 4 members (excludes halogenated alkanes) is 9. The monoisotopic (exact) mass is 614 g/mol. The Balaban J connectivity index is 2.49. The van der Waals surface area contributed by atoms with E-state index in [9.17, 15) is 0 Å². The van der Waals surface area contributed by atoms with Crippen LogP contribution in [0, 0.1) is 11.8 Å². The van der Waals surface area contributed by atoms with Crippen molar-refractivity contribution in [1.82, 2.24) is 0 Å². The second-order valence-corrected chi connectivity index (χ2v) is 16.9. The van der Waals surface area contributed by atoms with Gasteiger partial charge in [0.1, 0.15) is 0 Å². The van der Waals surface area contributed by atoms with Crippen molar-refractivity contribution in [1.29, 1.82) is 0 Å². The Kier molecular flexibility index (Phi) is 25.8. The predicted octanol–water partition coefficient (Wildman–Crippen LogP) is 13.7. The molecule has 1 heterocycles. The first-order chi connectivity index (χ1) is 19.0. The minimum absolute atomic E-state index is 0.585. The molecule has 0 aromatic carbocycles. The SMILES string of the molecule is C=C(CCCCC1CCSS1)CC(C)C(CCCCCCCCCC)CS/C(=C\CC)CCCCC(S)CC. The first-order valence-corrected chi connectivity index (χ1v) is 20.8. The molecule has 0 saturated carbocycles. The zero-order valence-corrected chi connectivity index (χ0v) is 29.9. The van der Waals surface area contributed by atoms with E-state index in [1.807, 2.05) is 0 Å². The van der Waals surface area contributed by atoms with Crippen LogP contribution in [0.5, 0.6) is 0 Å². The largest absolute Gasteiger partial charge is 0.176 e. The molecule has 4 atom stereocenters. The molecular weight excluding hydrogens is 549 g/mol. The van der Waals surface area contributed by atoms with E-state index in [-0.39, 0.29) is 0 Å². The summed E-state index contributed by atoms with van der Waals surface area (Å²) < 4.78 is 0. The van der Waals surface area contributed by atoms with E-state index in [0.29, 0.717) is 5.25 Å². The third kappa shape index (κ3) is 21.3. The molecule has 1 aliphatic heterocycles. The Bertz CT molecular complexity index is 595. The van der Waals surface area contributed by atoms with Gasteiger partial charge in [0.15, 0.2) is 0 Å². The molecule has 0 amide bonds. The third-order valence-electron chi connectivity index (χ3n) is 8.47. The van der Waals surface area contributed by atoms with Crippen LogP contribution < -0.4 is 0 Å². The van der Waals surface area contributed by atoms with Gasteiger partial charge in [-0.25, -0.2) is 0 Å². The van der Waals surface area contributed by atoms with Crippen LogP contribution in [0.25, 0.3) is 0 Å².